The van der Waals surface area contributed by atoms with Gasteiger partial charge in [-0.25, -0.2) is 8.42 Å². The Bertz CT molecular complexity index is 635. The third-order valence-electron chi connectivity index (χ3n) is 3.15. The van der Waals surface area contributed by atoms with E-state index in [-0.39, 0.29) is 25.0 Å². The topological polar surface area (TPSA) is 66.5 Å². The van der Waals surface area contributed by atoms with E-state index >= 15 is 0 Å². The first-order valence-corrected chi connectivity index (χ1v) is 9.42. The second-order valence-electron chi connectivity index (χ2n) is 5.16. The van der Waals surface area contributed by atoms with Crippen LogP contribution in [-0.4, -0.2) is 37.5 Å². The quantitative estimate of drug-likeness (QED) is 0.806. The fourth-order valence-corrected chi connectivity index (χ4v) is 2.77. The number of carbonyl (C=O) groups is 1. The first-order chi connectivity index (χ1) is 10.1. The number of nitrogens with one attached hydrogen (secondary N) is 1. The second kappa shape index (κ2) is 8.15. The van der Waals surface area contributed by atoms with E-state index in [4.69, 9.17) is 23.2 Å². The molecule has 0 spiro atoms. The Morgan fingerprint density at radius 2 is 1.95 bits per heavy atom. The fraction of sp³-hybridized carbons (Fsp3) is 0.500. The molecule has 0 aliphatic carbocycles. The number of nitrogens with zero attached hydrogens (tertiary/aromatic N) is 1. The predicted molar refractivity (Wildman–Crippen MR) is 89.6 cm³/mol. The van der Waals surface area contributed by atoms with Crippen molar-refractivity contribution in [2.24, 2.45) is 0 Å². The minimum absolute atomic E-state index is 0.00103. The molecule has 0 aliphatic rings. The summed E-state index contributed by atoms with van der Waals surface area (Å²) in [6, 6.07) is 4.87. The Kier molecular flexibility index (Phi) is 7.12. The Labute approximate surface area is 141 Å². The second-order valence-corrected chi connectivity index (χ2v) is 7.95. The van der Waals surface area contributed by atoms with E-state index in [1.165, 1.54) is 0 Å². The van der Waals surface area contributed by atoms with Crippen molar-refractivity contribution in [1.82, 2.24) is 9.62 Å². The van der Waals surface area contributed by atoms with Crippen LogP contribution < -0.4 is 5.32 Å². The van der Waals surface area contributed by atoms with E-state index in [0.29, 0.717) is 15.6 Å². The average Bonchev–Trinajstić information content (AvgIpc) is 2.40. The summed E-state index contributed by atoms with van der Waals surface area (Å²) in [5, 5.41) is 3.48. The molecule has 0 aliphatic heterocycles. The van der Waals surface area contributed by atoms with Crippen LogP contribution in [0, 0.1) is 0 Å². The molecular formula is C14H20Cl2N2O3S. The Hall–Kier alpha value is -0.820. The van der Waals surface area contributed by atoms with Crippen LogP contribution in [0.15, 0.2) is 18.2 Å². The highest BCUT2D eigenvalue weighted by atomic mass is 35.5. The average molecular weight is 367 g/mol. The maximum Gasteiger partial charge on any atom is 0.235 e. The van der Waals surface area contributed by atoms with Crippen LogP contribution in [0.3, 0.4) is 0 Å². The van der Waals surface area contributed by atoms with Gasteiger partial charge in [-0.3, -0.25) is 4.79 Å². The normalized spacial score (nSPS) is 13.2. The molecule has 1 N–H and O–H groups in total. The number of halogens is 2. The van der Waals surface area contributed by atoms with Gasteiger partial charge in [0.05, 0.1) is 22.8 Å². The maximum atomic E-state index is 11.9. The number of hydrogen-bond acceptors (Lipinski definition) is 3. The molecule has 0 heterocycles. The van der Waals surface area contributed by atoms with E-state index in [0.717, 1.165) is 17.0 Å². The van der Waals surface area contributed by atoms with E-state index in [9.17, 15) is 13.2 Å². The molecule has 0 saturated carbocycles. The minimum Gasteiger partial charge on any atom is -0.353 e. The predicted octanol–water partition coefficient (Wildman–Crippen LogP) is 2.67. The van der Waals surface area contributed by atoms with E-state index in [1.54, 1.807) is 18.2 Å². The number of benzene rings is 1. The van der Waals surface area contributed by atoms with Gasteiger partial charge in [0.15, 0.2) is 0 Å². The molecule has 22 heavy (non-hydrogen) atoms. The summed E-state index contributed by atoms with van der Waals surface area (Å²) < 4.78 is 24.8. The van der Waals surface area contributed by atoms with Crippen LogP contribution in [0.5, 0.6) is 0 Å². The molecule has 5 nitrogen and oxygen atoms in total. The minimum atomic E-state index is -3.53. The molecule has 1 aromatic carbocycles. The first kappa shape index (κ1) is 19.2. The van der Waals surface area contributed by atoms with Gasteiger partial charge in [-0.15, -0.1) is 0 Å². The molecule has 0 radical (unpaired) electrons. The number of hydrogen-bond donors (Lipinski definition) is 1. The highest BCUT2D eigenvalue weighted by Gasteiger charge is 2.21. The van der Waals surface area contributed by atoms with Gasteiger partial charge in [0.25, 0.3) is 0 Å². The zero-order valence-corrected chi connectivity index (χ0v) is 15.1. The molecule has 0 unspecified atom stereocenters. The SMILES string of the molecule is CC[C@@H](C)NC(=O)CN(Cc1ccc(Cl)c(Cl)c1)S(C)(=O)=O. The van der Waals surface area contributed by atoms with Crippen molar-refractivity contribution in [3.05, 3.63) is 33.8 Å². The van der Waals surface area contributed by atoms with Gasteiger partial charge in [0, 0.05) is 12.6 Å². The number of rotatable bonds is 7. The lowest BCUT2D eigenvalue weighted by atomic mass is 10.2. The molecule has 1 amide bonds. The molecule has 1 aromatic rings. The third-order valence-corrected chi connectivity index (χ3v) is 5.09. The largest absolute Gasteiger partial charge is 0.353 e. The highest BCUT2D eigenvalue weighted by Crippen LogP contribution is 2.23. The summed E-state index contributed by atoms with van der Waals surface area (Å²) >= 11 is 11.8. The smallest absolute Gasteiger partial charge is 0.235 e. The van der Waals surface area contributed by atoms with Crippen LogP contribution in [0.2, 0.25) is 10.0 Å². The van der Waals surface area contributed by atoms with Crippen molar-refractivity contribution in [1.29, 1.82) is 0 Å². The monoisotopic (exact) mass is 366 g/mol. The summed E-state index contributed by atoms with van der Waals surface area (Å²) in [5.41, 5.74) is 0.663. The van der Waals surface area contributed by atoms with Crippen LogP contribution >= 0.6 is 23.2 Å². The van der Waals surface area contributed by atoms with E-state index in [2.05, 4.69) is 5.32 Å². The van der Waals surface area contributed by atoms with E-state index in [1.807, 2.05) is 13.8 Å². The zero-order valence-electron chi connectivity index (χ0n) is 12.8. The lowest BCUT2D eigenvalue weighted by molar-refractivity contribution is -0.122. The van der Waals surface area contributed by atoms with Gasteiger partial charge < -0.3 is 5.32 Å². The molecule has 0 saturated heterocycles. The summed E-state index contributed by atoms with van der Waals surface area (Å²) in [5.74, 6) is -0.333. The van der Waals surface area contributed by atoms with Crippen molar-refractivity contribution in [2.75, 3.05) is 12.8 Å². The van der Waals surface area contributed by atoms with Crippen LogP contribution in [0.4, 0.5) is 0 Å². The molecule has 0 aromatic heterocycles. The zero-order chi connectivity index (χ0) is 16.9. The van der Waals surface area contributed by atoms with Gasteiger partial charge >= 0.3 is 0 Å². The maximum absolute atomic E-state index is 11.9. The lowest BCUT2D eigenvalue weighted by Crippen LogP contribution is -2.42. The van der Waals surface area contributed by atoms with Crippen molar-refractivity contribution >= 4 is 39.1 Å². The van der Waals surface area contributed by atoms with Gasteiger partial charge in [0.2, 0.25) is 15.9 Å². The highest BCUT2D eigenvalue weighted by molar-refractivity contribution is 7.88. The Balaban J connectivity index is 2.86. The molecular weight excluding hydrogens is 347 g/mol. The fourth-order valence-electron chi connectivity index (χ4n) is 1.71. The summed E-state index contributed by atoms with van der Waals surface area (Å²) in [6.07, 6.45) is 1.85. The number of sulfonamides is 1. The molecule has 0 bridgehead atoms. The summed E-state index contributed by atoms with van der Waals surface area (Å²) in [7, 11) is -3.53. The Morgan fingerprint density at radius 3 is 2.45 bits per heavy atom. The number of amides is 1. The van der Waals surface area contributed by atoms with Gasteiger partial charge in [-0.05, 0) is 31.0 Å². The first-order valence-electron chi connectivity index (χ1n) is 6.82. The van der Waals surface area contributed by atoms with Crippen molar-refractivity contribution in [3.8, 4) is 0 Å². The molecule has 124 valence electrons. The van der Waals surface area contributed by atoms with Crippen molar-refractivity contribution in [2.45, 2.75) is 32.9 Å². The van der Waals surface area contributed by atoms with Crippen LogP contribution in [0.1, 0.15) is 25.8 Å². The lowest BCUT2D eigenvalue weighted by Gasteiger charge is -2.21. The van der Waals surface area contributed by atoms with Crippen molar-refractivity contribution in [3.63, 3.8) is 0 Å². The van der Waals surface area contributed by atoms with Crippen molar-refractivity contribution < 1.29 is 13.2 Å². The van der Waals surface area contributed by atoms with Gasteiger partial charge in [0.1, 0.15) is 0 Å². The third kappa shape index (κ3) is 6.12. The summed E-state index contributed by atoms with van der Waals surface area (Å²) in [6.45, 7) is 3.63. The molecule has 0 fully saturated rings. The van der Waals surface area contributed by atoms with Gasteiger partial charge in [-0.1, -0.05) is 36.2 Å². The summed E-state index contributed by atoms with van der Waals surface area (Å²) in [4.78, 5) is 11.9. The number of carbonyl (C=O) groups excluding carboxylic acids is 1. The van der Waals surface area contributed by atoms with Gasteiger partial charge in [-0.2, -0.15) is 4.31 Å². The molecule has 8 heteroatoms. The standard InChI is InChI=1S/C14H20Cl2N2O3S/c1-4-10(2)17-14(19)9-18(22(3,20)21)8-11-5-6-12(15)13(16)7-11/h5-7,10H,4,8-9H2,1-3H3,(H,17,19)/t10-/m1/s1. The molecule has 1 atom stereocenters. The Morgan fingerprint density at radius 1 is 1.32 bits per heavy atom. The van der Waals surface area contributed by atoms with Crippen LogP contribution in [-0.2, 0) is 21.4 Å². The van der Waals surface area contributed by atoms with E-state index < -0.39 is 10.0 Å². The van der Waals surface area contributed by atoms with Crippen LogP contribution in [0.25, 0.3) is 0 Å². The molecule has 1 rings (SSSR count).